The summed E-state index contributed by atoms with van der Waals surface area (Å²) in [5.74, 6) is -1.02. The van der Waals surface area contributed by atoms with E-state index in [0.717, 1.165) is 6.26 Å². The minimum Gasteiger partial charge on any atom is -0.480 e. The van der Waals surface area contributed by atoms with Gasteiger partial charge in [0.25, 0.3) is 0 Å². The second-order valence-corrected chi connectivity index (χ2v) is 6.58. The highest BCUT2D eigenvalue weighted by Crippen LogP contribution is 2.26. The summed E-state index contributed by atoms with van der Waals surface area (Å²) in [4.78, 5) is 10.9. The molecule has 0 aliphatic carbocycles. The summed E-state index contributed by atoms with van der Waals surface area (Å²) in [6.45, 7) is -0.263. The average Bonchev–Trinajstić information content (AvgIpc) is 2.80. The molecule has 108 valence electrons. The molecule has 0 spiro atoms. The molecule has 1 aromatic heterocycles. The number of carbonyl (C=O) groups is 1. The number of carboxylic acid groups (broad SMARTS) is 1. The van der Waals surface area contributed by atoms with Crippen molar-refractivity contribution in [3.63, 3.8) is 0 Å². The molecule has 1 aromatic carbocycles. The second kappa shape index (κ2) is 5.42. The molecule has 0 atom stereocenters. The molecular weight excluding hydrogens is 292 g/mol. The van der Waals surface area contributed by atoms with Crippen LogP contribution in [0.2, 0.25) is 0 Å². The molecule has 0 saturated heterocycles. The molecule has 2 aromatic rings. The van der Waals surface area contributed by atoms with Crippen molar-refractivity contribution in [2.45, 2.75) is 11.4 Å². The highest BCUT2D eigenvalue weighted by Gasteiger charge is 2.13. The van der Waals surface area contributed by atoms with E-state index in [1.807, 2.05) is 6.07 Å². The molecule has 0 amide bonds. The van der Waals surface area contributed by atoms with E-state index in [1.165, 1.54) is 29.1 Å². The van der Waals surface area contributed by atoms with E-state index in [1.54, 1.807) is 12.1 Å². The number of aromatic nitrogens is 1. The monoisotopic (exact) mass is 304 g/mol. The van der Waals surface area contributed by atoms with Crippen molar-refractivity contribution >= 4 is 15.8 Å². The van der Waals surface area contributed by atoms with Crippen molar-refractivity contribution in [3.8, 4) is 17.2 Å². The highest BCUT2D eigenvalue weighted by atomic mass is 32.2. The second-order valence-electron chi connectivity index (χ2n) is 4.56. The lowest BCUT2D eigenvalue weighted by Crippen LogP contribution is -2.06. The zero-order valence-electron chi connectivity index (χ0n) is 11.1. The van der Waals surface area contributed by atoms with Crippen LogP contribution in [0.4, 0.5) is 0 Å². The Bertz CT molecular complexity index is 844. The summed E-state index contributed by atoms with van der Waals surface area (Å²) in [7, 11) is -3.35. The van der Waals surface area contributed by atoms with Gasteiger partial charge in [-0.25, -0.2) is 8.42 Å². The van der Waals surface area contributed by atoms with E-state index in [0.29, 0.717) is 16.7 Å². The first kappa shape index (κ1) is 14.8. The first-order valence-corrected chi connectivity index (χ1v) is 7.82. The Kier molecular flexibility index (Phi) is 3.82. The fraction of sp³-hybridized carbons (Fsp3) is 0.143. The smallest absolute Gasteiger partial charge is 0.323 e. The molecule has 1 N–H and O–H groups in total. The molecule has 0 aliphatic rings. The van der Waals surface area contributed by atoms with Gasteiger partial charge in [0, 0.05) is 24.2 Å². The van der Waals surface area contributed by atoms with Gasteiger partial charge in [0.15, 0.2) is 9.84 Å². The Balaban J connectivity index is 2.54. The van der Waals surface area contributed by atoms with Crippen LogP contribution in [-0.4, -0.2) is 30.3 Å². The Labute approximate surface area is 121 Å². The molecule has 2 rings (SSSR count). The topological polar surface area (TPSA) is 100 Å². The lowest BCUT2D eigenvalue weighted by atomic mass is 10.1. The van der Waals surface area contributed by atoms with Crippen molar-refractivity contribution in [3.05, 3.63) is 42.2 Å². The van der Waals surface area contributed by atoms with Crippen LogP contribution in [0.5, 0.6) is 0 Å². The fourth-order valence-electron chi connectivity index (χ4n) is 1.97. The van der Waals surface area contributed by atoms with Crippen molar-refractivity contribution in [1.82, 2.24) is 4.57 Å². The van der Waals surface area contributed by atoms with E-state index in [-0.39, 0.29) is 11.4 Å². The number of carboxylic acids is 1. The minimum absolute atomic E-state index is 0.148. The van der Waals surface area contributed by atoms with E-state index in [9.17, 15) is 13.2 Å². The number of benzene rings is 1. The van der Waals surface area contributed by atoms with Gasteiger partial charge < -0.3 is 9.67 Å². The van der Waals surface area contributed by atoms with Crippen molar-refractivity contribution < 1.29 is 18.3 Å². The van der Waals surface area contributed by atoms with Crippen LogP contribution < -0.4 is 0 Å². The summed E-state index contributed by atoms with van der Waals surface area (Å²) in [5.41, 5.74) is 1.35. The molecule has 6 nitrogen and oxygen atoms in total. The lowest BCUT2D eigenvalue weighted by molar-refractivity contribution is -0.137. The van der Waals surface area contributed by atoms with E-state index < -0.39 is 15.8 Å². The van der Waals surface area contributed by atoms with Gasteiger partial charge >= 0.3 is 5.97 Å². The number of aliphatic carboxylic acids is 1. The van der Waals surface area contributed by atoms with Crippen LogP contribution in [0.15, 0.2) is 41.6 Å². The summed E-state index contributed by atoms with van der Waals surface area (Å²) < 4.78 is 24.5. The largest absolute Gasteiger partial charge is 0.480 e. The quantitative estimate of drug-likeness (QED) is 0.923. The third-order valence-corrected chi connectivity index (χ3v) is 4.00. The molecule has 0 unspecified atom stereocenters. The fourth-order valence-corrected chi connectivity index (χ4v) is 2.64. The zero-order valence-corrected chi connectivity index (χ0v) is 12.0. The number of hydrogen-bond donors (Lipinski definition) is 1. The number of rotatable bonds is 4. The molecule has 0 radical (unpaired) electrons. The average molecular weight is 304 g/mol. The number of nitriles is 1. The maximum absolute atomic E-state index is 11.6. The Hall–Kier alpha value is -2.59. The van der Waals surface area contributed by atoms with Gasteiger partial charge in [0.1, 0.15) is 12.6 Å². The molecule has 21 heavy (non-hydrogen) atoms. The third kappa shape index (κ3) is 3.30. The highest BCUT2D eigenvalue weighted by molar-refractivity contribution is 7.90. The zero-order chi connectivity index (χ0) is 15.6. The minimum atomic E-state index is -3.35. The van der Waals surface area contributed by atoms with Crippen LogP contribution in [0.1, 0.15) is 5.56 Å². The number of sulfone groups is 1. The molecule has 7 heteroatoms. The normalized spacial score (nSPS) is 11.0. The van der Waals surface area contributed by atoms with E-state index >= 15 is 0 Å². The van der Waals surface area contributed by atoms with Gasteiger partial charge in [0.05, 0.1) is 10.5 Å². The van der Waals surface area contributed by atoms with Crippen LogP contribution in [-0.2, 0) is 21.2 Å². The van der Waals surface area contributed by atoms with Gasteiger partial charge in [-0.15, -0.1) is 0 Å². The number of nitrogens with zero attached hydrogens (tertiary/aromatic N) is 2. The Morgan fingerprint density at radius 1 is 1.38 bits per heavy atom. The standard InChI is InChI=1S/C14H12N2O4S/c1-21(19,20)12-4-2-3-10(5-12)13-8-16(9-14(17)18)7-11(13)6-15/h2-5,7-8H,9H2,1H3,(H,17,18). The van der Waals surface area contributed by atoms with Gasteiger partial charge in [0.2, 0.25) is 0 Å². The summed E-state index contributed by atoms with van der Waals surface area (Å²) in [6, 6.07) is 8.18. The number of hydrogen-bond acceptors (Lipinski definition) is 4. The summed E-state index contributed by atoms with van der Waals surface area (Å²) in [5, 5.41) is 17.9. The van der Waals surface area contributed by atoms with Crippen LogP contribution in [0.25, 0.3) is 11.1 Å². The maximum Gasteiger partial charge on any atom is 0.323 e. The van der Waals surface area contributed by atoms with Gasteiger partial charge in [-0.05, 0) is 17.7 Å². The molecule has 0 fully saturated rings. The van der Waals surface area contributed by atoms with Crippen molar-refractivity contribution in [1.29, 1.82) is 5.26 Å². The van der Waals surface area contributed by atoms with Crippen LogP contribution in [0.3, 0.4) is 0 Å². The van der Waals surface area contributed by atoms with Gasteiger partial charge in [-0.2, -0.15) is 5.26 Å². The first-order chi connectivity index (χ1) is 9.81. The van der Waals surface area contributed by atoms with E-state index in [4.69, 9.17) is 10.4 Å². The third-order valence-electron chi connectivity index (χ3n) is 2.89. The molecule has 0 bridgehead atoms. The SMILES string of the molecule is CS(=O)(=O)c1cccc(-c2cn(CC(=O)O)cc2C#N)c1. The van der Waals surface area contributed by atoms with Gasteiger partial charge in [-0.1, -0.05) is 12.1 Å². The van der Waals surface area contributed by atoms with Crippen LogP contribution in [0, 0.1) is 11.3 Å². The maximum atomic E-state index is 11.6. The van der Waals surface area contributed by atoms with Crippen molar-refractivity contribution in [2.75, 3.05) is 6.26 Å². The summed E-state index contributed by atoms with van der Waals surface area (Å²) >= 11 is 0. The molecular formula is C14H12N2O4S. The first-order valence-electron chi connectivity index (χ1n) is 5.93. The predicted molar refractivity (Wildman–Crippen MR) is 75.3 cm³/mol. The molecule has 0 aliphatic heterocycles. The van der Waals surface area contributed by atoms with Gasteiger partial charge in [-0.3, -0.25) is 4.79 Å². The summed E-state index contributed by atoms with van der Waals surface area (Å²) in [6.07, 6.45) is 4.05. The van der Waals surface area contributed by atoms with Crippen molar-refractivity contribution in [2.24, 2.45) is 0 Å². The van der Waals surface area contributed by atoms with Crippen LogP contribution >= 0.6 is 0 Å². The van der Waals surface area contributed by atoms with E-state index in [2.05, 4.69) is 0 Å². The molecule has 0 saturated carbocycles. The Morgan fingerprint density at radius 3 is 2.67 bits per heavy atom. The predicted octanol–water partition coefficient (Wildman–Crippen LogP) is 1.51. The Morgan fingerprint density at radius 2 is 2.10 bits per heavy atom. The molecule has 1 heterocycles. The lowest BCUT2D eigenvalue weighted by Gasteiger charge is -2.03.